The standard InChI is InChI=1S/C17H16N2O4/c1-19-13-9-11(7-8-15(13)23-17(19)21)10-18-16(20)12-5-3-4-6-14(12)22-2/h3-9H,10H2,1-2H3,(H,18,20). The molecule has 0 radical (unpaired) electrons. The van der Waals surface area contributed by atoms with Gasteiger partial charge in [-0.3, -0.25) is 9.36 Å². The minimum absolute atomic E-state index is 0.219. The van der Waals surface area contributed by atoms with Gasteiger partial charge in [-0.2, -0.15) is 0 Å². The van der Waals surface area contributed by atoms with E-state index >= 15 is 0 Å². The first-order chi connectivity index (χ1) is 11.1. The van der Waals surface area contributed by atoms with Crippen molar-refractivity contribution >= 4 is 17.0 Å². The number of oxazole rings is 1. The van der Waals surface area contributed by atoms with E-state index in [4.69, 9.17) is 9.15 Å². The molecule has 3 rings (SSSR count). The number of hydrogen-bond acceptors (Lipinski definition) is 4. The number of aromatic nitrogens is 1. The van der Waals surface area contributed by atoms with E-state index < -0.39 is 5.76 Å². The molecule has 23 heavy (non-hydrogen) atoms. The Hall–Kier alpha value is -3.02. The van der Waals surface area contributed by atoms with Crippen LogP contribution in [0, 0.1) is 0 Å². The van der Waals surface area contributed by atoms with Crippen LogP contribution in [-0.2, 0) is 13.6 Å². The number of carbonyl (C=O) groups excluding carboxylic acids is 1. The summed E-state index contributed by atoms with van der Waals surface area (Å²) in [6.07, 6.45) is 0. The van der Waals surface area contributed by atoms with Gasteiger partial charge in [0.1, 0.15) is 5.75 Å². The van der Waals surface area contributed by atoms with E-state index in [1.165, 1.54) is 11.7 Å². The number of nitrogens with one attached hydrogen (secondary N) is 1. The average Bonchev–Trinajstić information content (AvgIpc) is 2.87. The summed E-state index contributed by atoms with van der Waals surface area (Å²) in [5.74, 6) is -0.100. The molecule has 0 unspecified atom stereocenters. The number of benzene rings is 2. The summed E-state index contributed by atoms with van der Waals surface area (Å²) in [6, 6.07) is 12.4. The zero-order valence-corrected chi connectivity index (χ0v) is 12.8. The zero-order chi connectivity index (χ0) is 16.4. The second-order valence-electron chi connectivity index (χ2n) is 5.11. The first-order valence-electron chi connectivity index (χ1n) is 7.10. The molecule has 0 bridgehead atoms. The molecule has 0 fully saturated rings. The minimum Gasteiger partial charge on any atom is -0.496 e. The first-order valence-corrected chi connectivity index (χ1v) is 7.10. The van der Waals surface area contributed by atoms with Crippen molar-refractivity contribution < 1.29 is 13.9 Å². The van der Waals surface area contributed by atoms with Gasteiger partial charge in [0.15, 0.2) is 5.58 Å². The molecule has 0 spiro atoms. The molecule has 6 heteroatoms. The highest BCUT2D eigenvalue weighted by molar-refractivity contribution is 5.96. The maximum Gasteiger partial charge on any atom is 0.419 e. The fourth-order valence-corrected chi connectivity index (χ4v) is 2.39. The molecule has 1 N–H and O–H groups in total. The summed E-state index contributed by atoms with van der Waals surface area (Å²) >= 11 is 0. The van der Waals surface area contributed by atoms with Crippen molar-refractivity contribution in [2.24, 2.45) is 7.05 Å². The van der Waals surface area contributed by atoms with E-state index in [0.717, 1.165) is 5.56 Å². The molecule has 118 valence electrons. The van der Waals surface area contributed by atoms with Gasteiger partial charge < -0.3 is 14.5 Å². The molecule has 0 saturated carbocycles. The number of hydrogen-bond donors (Lipinski definition) is 1. The lowest BCUT2D eigenvalue weighted by atomic mass is 10.1. The van der Waals surface area contributed by atoms with E-state index in [1.807, 2.05) is 18.2 Å². The van der Waals surface area contributed by atoms with Gasteiger partial charge in [-0.05, 0) is 29.8 Å². The molecule has 0 aliphatic heterocycles. The Morgan fingerprint density at radius 2 is 2.04 bits per heavy atom. The van der Waals surface area contributed by atoms with Gasteiger partial charge in [-0.25, -0.2) is 4.79 Å². The fourth-order valence-electron chi connectivity index (χ4n) is 2.39. The summed E-state index contributed by atoms with van der Waals surface area (Å²) in [7, 11) is 3.17. The van der Waals surface area contributed by atoms with Gasteiger partial charge in [0.05, 0.1) is 18.2 Å². The summed E-state index contributed by atoms with van der Waals surface area (Å²) in [5.41, 5.74) is 2.57. The number of carbonyl (C=O) groups is 1. The van der Waals surface area contributed by atoms with Crippen LogP contribution < -0.4 is 15.8 Å². The second kappa shape index (κ2) is 6.00. The monoisotopic (exact) mass is 312 g/mol. The van der Waals surface area contributed by atoms with Crippen molar-refractivity contribution in [3.05, 3.63) is 64.1 Å². The van der Waals surface area contributed by atoms with Crippen LogP contribution in [0.5, 0.6) is 5.75 Å². The van der Waals surface area contributed by atoms with Crippen molar-refractivity contribution in [1.29, 1.82) is 0 Å². The van der Waals surface area contributed by atoms with E-state index in [9.17, 15) is 9.59 Å². The van der Waals surface area contributed by atoms with Crippen LogP contribution in [-0.4, -0.2) is 17.6 Å². The van der Waals surface area contributed by atoms with Gasteiger partial charge in [-0.1, -0.05) is 18.2 Å². The maximum atomic E-state index is 12.3. The summed E-state index contributed by atoms with van der Waals surface area (Å²) in [5, 5.41) is 2.84. The third-order valence-electron chi connectivity index (χ3n) is 3.66. The number of amides is 1. The number of para-hydroxylation sites is 1. The lowest BCUT2D eigenvalue weighted by molar-refractivity contribution is 0.0948. The fraction of sp³-hybridized carbons (Fsp3) is 0.176. The van der Waals surface area contributed by atoms with E-state index in [2.05, 4.69) is 5.32 Å². The van der Waals surface area contributed by atoms with Gasteiger partial charge >= 0.3 is 5.76 Å². The van der Waals surface area contributed by atoms with Crippen LogP contribution in [0.4, 0.5) is 0 Å². The van der Waals surface area contributed by atoms with Crippen LogP contribution >= 0.6 is 0 Å². The lowest BCUT2D eigenvalue weighted by Crippen LogP contribution is -2.23. The highest BCUT2D eigenvalue weighted by Crippen LogP contribution is 2.18. The molecule has 2 aromatic carbocycles. The first kappa shape index (κ1) is 14.9. The Kier molecular flexibility index (Phi) is 3.89. The molecule has 0 atom stereocenters. The lowest BCUT2D eigenvalue weighted by Gasteiger charge is -2.09. The normalized spacial score (nSPS) is 10.7. The number of nitrogens with zero attached hydrogens (tertiary/aromatic N) is 1. The largest absolute Gasteiger partial charge is 0.496 e. The van der Waals surface area contributed by atoms with Crippen LogP contribution in [0.3, 0.4) is 0 Å². The van der Waals surface area contributed by atoms with Gasteiger partial charge in [0.2, 0.25) is 0 Å². The number of ether oxygens (including phenoxy) is 1. The smallest absolute Gasteiger partial charge is 0.419 e. The molecule has 1 heterocycles. The Morgan fingerprint density at radius 3 is 2.83 bits per heavy atom. The molecule has 1 aromatic heterocycles. The van der Waals surface area contributed by atoms with Crippen LogP contribution in [0.15, 0.2) is 51.7 Å². The van der Waals surface area contributed by atoms with Gasteiger partial charge in [-0.15, -0.1) is 0 Å². The zero-order valence-electron chi connectivity index (χ0n) is 12.8. The molecule has 6 nitrogen and oxygen atoms in total. The molecular weight excluding hydrogens is 296 g/mol. The molecular formula is C17H16N2O4. The minimum atomic E-state index is -0.407. The summed E-state index contributed by atoms with van der Waals surface area (Å²) < 4.78 is 11.7. The Morgan fingerprint density at radius 1 is 1.26 bits per heavy atom. The number of aryl methyl sites for hydroxylation is 1. The Balaban J connectivity index is 1.79. The maximum absolute atomic E-state index is 12.3. The Bertz CT molecular complexity index is 924. The highest BCUT2D eigenvalue weighted by Gasteiger charge is 2.12. The summed E-state index contributed by atoms with van der Waals surface area (Å²) in [6.45, 7) is 0.339. The number of rotatable bonds is 4. The molecule has 0 aliphatic rings. The van der Waals surface area contributed by atoms with Crippen molar-refractivity contribution in [3.63, 3.8) is 0 Å². The molecule has 0 saturated heterocycles. The van der Waals surface area contributed by atoms with Crippen molar-refractivity contribution in [2.45, 2.75) is 6.54 Å². The van der Waals surface area contributed by atoms with Crippen molar-refractivity contribution in [1.82, 2.24) is 9.88 Å². The average molecular weight is 312 g/mol. The summed E-state index contributed by atoms with van der Waals surface area (Å²) in [4.78, 5) is 23.8. The van der Waals surface area contributed by atoms with E-state index in [0.29, 0.717) is 29.0 Å². The van der Waals surface area contributed by atoms with E-state index in [-0.39, 0.29) is 5.91 Å². The predicted octanol–water partition coefficient (Wildman–Crippen LogP) is 2.07. The topological polar surface area (TPSA) is 73.5 Å². The van der Waals surface area contributed by atoms with Gasteiger partial charge in [0, 0.05) is 13.6 Å². The van der Waals surface area contributed by atoms with Crippen molar-refractivity contribution in [2.75, 3.05) is 7.11 Å². The predicted molar refractivity (Wildman–Crippen MR) is 85.6 cm³/mol. The third kappa shape index (κ3) is 2.83. The molecule has 3 aromatic rings. The molecule has 1 amide bonds. The SMILES string of the molecule is COc1ccccc1C(=O)NCc1ccc2oc(=O)n(C)c2c1. The van der Waals surface area contributed by atoms with Crippen LogP contribution in [0.1, 0.15) is 15.9 Å². The number of methoxy groups -OCH3 is 1. The van der Waals surface area contributed by atoms with Crippen LogP contribution in [0.2, 0.25) is 0 Å². The van der Waals surface area contributed by atoms with Gasteiger partial charge in [0.25, 0.3) is 5.91 Å². The quantitative estimate of drug-likeness (QED) is 0.800. The highest BCUT2D eigenvalue weighted by atomic mass is 16.5. The number of fused-ring (bicyclic) bond motifs is 1. The van der Waals surface area contributed by atoms with E-state index in [1.54, 1.807) is 31.3 Å². The molecule has 0 aliphatic carbocycles. The second-order valence-corrected chi connectivity index (χ2v) is 5.11. The van der Waals surface area contributed by atoms with Crippen molar-refractivity contribution in [3.8, 4) is 5.75 Å². The van der Waals surface area contributed by atoms with Crippen LogP contribution in [0.25, 0.3) is 11.1 Å². The third-order valence-corrected chi connectivity index (χ3v) is 3.66. The Labute approximate surface area is 132 Å².